The van der Waals surface area contributed by atoms with E-state index in [2.05, 4.69) is 9.97 Å². The van der Waals surface area contributed by atoms with Gasteiger partial charge in [-0.25, -0.2) is 4.39 Å². The molecule has 2 aliphatic heterocycles. The lowest BCUT2D eigenvalue weighted by Gasteiger charge is -2.42. The van der Waals surface area contributed by atoms with Crippen LogP contribution in [0.25, 0.3) is 0 Å². The van der Waals surface area contributed by atoms with Crippen molar-refractivity contribution in [2.45, 2.75) is 30.5 Å². The fourth-order valence-electron chi connectivity index (χ4n) is 4.82. The number of carbonyl (C=O) groups excluding carboxylic acids is 1. The Hall–Kier alpha value is -3.40. The Morgan fingerprint density at radius 1 is 1.15 bits per heavy atom. The molecule has 1 amide bonds. The first-order chi connectivity index (χ1) is 16.4. The largest absolute Gasteiger partial charge is 0.493 e. The molecule has 0 spiro atoms. The first-order valence-corrected chi connectivity index (χ1v) is 12.0. The summed E-state index contributed by atoms with van der Waals surface area (Å²) in [6.07, 6.45) is 1.07. The number of aromatic nitrogens is 3. The number of halogens is 1. The first kappa shape index (κ1) is 22.4. The van der Waals surface area contributed by atoms with E-state index in [9.17, 15) is 23.9 Å². The number of hydrogen-bond acceptors (Lipinski definition) is 6. The summed E-state index contributed by atoms with van der Waals surface area (Å²) in [7, 11) is 0. The molecule has 0 unspecified atom stereocenters. The molecule has 4 heterocycles. The van der Waals surface area contributed by atoms with Crippen molar-refractivity contribution in [2.24, 2.45) is 5.92 Å². The average molecular weight is 483 g/mol. The van der Waals surface area contributed by atoms with E-state index in [1.54, 1.807) is 12.1 Å². The molecule has 1 saturated heterocycles. The van der Waals surface area contributed by atoms with Crippen molar-refractivity contribution in [1.82, 2.24) is 19.4 Å². The molecule has 34 heavy (non-hydrogen) atoms. The van der Waals surface area contributed by atoms with E-state index in [-0.39, 0.29) is 52.0 Å². The number of hydrogen-bond donors (Lipinski definition) is 2. The van der Waals surface area contributed by atoms with E-state index in [1.165, 1.54) is 24.3 Å². The van der Waals surface area contributed by atoms with Gasteiger partial charge in [0.15, 0.2) is 5.16 Å². The van der Waals surface area contributed by atoms with E-state index in [4.69, 9.17) is 0 Å². The van der Waals surface area contributed by atoms with Crippen LogP contribution in [-0.2, 0) is 17.8 Å². The second kappa shape index (κ2) is 9.09. The normalized spacial score (nSPS) is 19.0. The van der Waals surface area contributed by atoms with Crippen LogP contribution in [0, 0.1) is 11.7 Å². The highest BCUT2D eigenvalue weighted by Gasteiger charge is 2.36. The lowest BCUT2D eigenvalue weighted by atomic mass is 9.83. The molecule has 10 heteroatoms. The quantitative estimate of drug-likeness (QED) is 0.426. The maximum Gasteiger partial charge on any atom is 0.258 e. The summed E-state index contributed by atoms with van der Waals surface area (Å²) >= 11 is 1.06. The van der Waals surface area contributed by atoms with Gasteiger partial charge in [-0.2, -0.15) is 4.98 Å². The van der Waals surface area contributed by atoms with Gasteiger partial charge in [-0.15, -0.1) is 0 Å². The molecular formula is C24H23FN4O4S. The van der Waals surface area contributed by atoms with Gasteiger partial charge in [0.05, 0.1) is 11.3 Å². The maximum atomic E-state index is 13.1. The van der Waals surface area contributed by atoms with Gasteiger partial charge in [0.25, 0.3) is 11.1 Å². The van der Waals surface area contributed by atoms with E-state index in [0.717, 1.165) is 23.9 Å². The Morgan fingerprint density at radius 2 is 1.94 bits per heavy atom. The Bertz CT molecular complexity index is 1350. The molecule has 3 aromatic rings. The predicted molar refractivity (Wildman–Crippen MR) is 125 cm³/mol. The summed E-state index contributed by atoms with van der Waals surface area (Å²) in [4.78, 5) is 46.0. The highest BCUT2D eigenvalue weighted by Crippen LogP contribution is 2.35. The summed E-state index contributed by atoms with van der Waals surface area (Å²) in [6, 6.07) is 10.9. The monoisotopic (exact) mass is 482 g/mol. The summed E-state index contributed by atoms with van der Waals surface area (Å²) in [5, 5.41) is 10.4. The average Bonchev–Trinajstić information content (AvgIpc) is 2.81. The molecule has 0 aliphatic carbocycles. The van der Waals surface area contributed by atoms with Crippen LogP contribution >= 0.6 is 11.8 Å². The first-order valence-electron chi connectivity index (χ1n) is 11.0. The number of amides is 1. The van der Waals surface area contributed by atoms with Crippen LogP contribution in [0.5, 0.6) is 5.88 Å². The van der Waals surface area contributed by atoms with E-state index < -0.39 is 11.4 Å². The van der Waals surface area contributed by atoms with Crippen molar-refractivity contribution in [3.05, 3.63) is 85.8 Å². The number of H-pyrrole nitrogens is 1. The van der Waals surface area contributed by atoms with Crippen LogP contribution in [-0.4, -0.2) is 49.3 Å². The summed E-state index contributed by atoms with van der Waals surface area (Å²) in [6.45, 7) is 1.74. The number of pyridine rings is 1. The SMILES string of the molecule is O=C(CSc1nc(O)c(Cc2ccc(F)cc2)c(=O)[nH]1)N1C[C@H]2C[C@H](C1)c1cccc(=O)n1C2. The lowest BCUT2D eigenvalue weighted by Crippen LogP contribution is -2.49. The molecule has 1 aromatic carbocycles. The number of fused-ring (bicyclic) bond motifs is 4. The second-order valence-corrected chi connectivity index (χ2v) is 9.73. The number of carbonyl (C=O) groups is 1. The number of nitrogens with zero attached hydrogens (tertiary/aromatic N) is 3. The number of nitrogens with one attached hydrogen (secondary N) is 1. The van der Waals surface area contributed by atoms with Gasteiger partial charge in [0.2, 0.25) is 11.8 Å². The van der Waals surface area contributed by atoms with E-state index in [1.807, 2.05) is 15.5 Å². The van der Waals surface area contributed by atoms with Gasteiger partial charge >= 0.3 is 0 Å². The molecule has 8 nitrogen and oxygen atoms in total. The van der Waals surface area contributed by atoms with Crippen LogP contribution in [0.15, 0.2) is 57.2 Å². The molecule has 176 valence electrons. The predicted octanol–water partition coefficient (Wildman–Crippen LogP) is 2.11. The van der Waals surface area contributed by atoms with Crippen molar-refractivity contribution >= 4 is 17.7 Å². The minimum Gasteiger partial charge on any atom is -0.493 e. The second-order valence-electron chi connectivity index (χ2n) is 8.76. The van der Waals surface area contributed by atoms with Crippen molar-refractivity contribution in [2.75, 3.05) is 18.8 Å². The summed E-state index contributed by atoms with van der Waals surface area (Å²) in [5.74, 6) is -0.440. The Kier molecular flexibility index (Phi) is 5.99. The third-order valence-corrected chi connectivity index (χ3v) is 7.29. The molecule has 0 saturated carbocycles. The van der Waals surface area contributed by atoms with Crippen molar-refractivity contribution in [3.8, 4) is 5.88 Å². The standard InChI is InChI=1S/C24H23FN4O4S/c25-17-6-4-14(5-7-17)9-18-22(32)26-24(27-23(18)33)34-13-21(31)28-10-15-8-16(12-28)19-2-1-3-20(30)29(19)11-15/h1-7,15-16H,8-13H2,(H2,26,27,32,33)/t15-,16-/m1/s1. The number of thioether (sulfide) groups is 1. The lowest BCUT2D eigenvalue weighted by molar-refractivity contribution is -0.131. The van der Waals surface area contributed by atoms with Crippen molar-refractivity contribution in [3.63, 3.8) is 0 Å². The molecular weight excluding hydrogens is 459 g/mol. The smallest absolute Gasteiger partial charge is 0.258 e. The molecule has 5 rings (SSSR count). The topological polar surface area (TPSA) is 108 Å². The Balaban J connectivity index is 1.24. The summed E-state index contributed by atoms with van der Waals surface area (Å²) in [5.41, 5.74) is 1.22. The molecule has 1 fully saturated rings. The van der Waals surface area contributed by atoms with Gasteiger partial charge in [-0.05, 0) is 36.1 Å². The minimum atomic E-state index is -0.499. The van der Waals surface area contributed by atoms with Crippen LogP contribution in [0.1, 0.15) is 29.2 Å². The van der Waals surface area contributed by atoms with Gasteiger partial charge in [0, 0.05) is 43.7 Å². The highest BCUT2D eigenvalue weighted by molar-refractivity contribution is 7.99. The molecule has 2 aliphatic rings. The third kappa shape index (κ3) is 4.50. The zero-order chi connectivity index (χ0) is 23.8. The van der Waals surface area contributed by atoms with Crippen molar-refractivity contribution < 1.29 is 14.3 Å². The number of benzene rings is 1. The molecule has 2 aromatic heterocycles. The van der Waals surface area contributed by atoms with Gasteiger partial charge in [-0.3, -0.25) is 14.4 Å². The fourth-order valence-corrected chi connectivity index (χ4v) is 5.58. The van der Waals surface area contributed by atoms with E-state index in [0.29, 0.717) is 25.2 Å². The number of aromatic amines is 1. The number of likely N-dealkylation sites (tertiary alicyclic amines) is 1. The van der Waals surface area contributed by atoms with Crippen LogP contribution in [0.2, 0.25) is 0 Å². The number of rotatable bonds is 5. The van der Waals surface area contributed by atoms with Crippen molar-refractivity contribution in [1.29, 1.82) is 0 Å². The Morgan fingerprint density at radius 3 is 2.71 bits per heavy atom. The van der Waals surface area contributed by atoms with Crippen LogP contribution in [0.3, 0.4) is 0 Å². The molecule has 0 radical (unpaired) electrons. The molecule has 2 bridgehead atoms. The maximum absolute atomic E-state index is 13.1. The molecule has 2 atom stereocenters. The van der Waals surface area contributed by atoms with Gasteiger partial charge in [-0.1, -0.05) is 30.0 Å². The summed E-state index contributed by atoms with van der Waals surface area (Å²) < 4.78 is 14.9. The minimum absolute atomic E-state index is 0.000225. The number of aromatic hydroxyl groups is 1. The van der Waals surface area contributed by atoms with Gasteiger partial charge < -0.3 is 19.6 Å². The van der Waals surface area contributed by atoms with Crippen LogP contribution < -0.4 is 11.1 Å². The zero-order valence-electron chi connectivity index (χ0n) is 18.2. The Labute approximate surface area is 198 Å². The van der Waals surface area contributed by atoms with Crippen LogP contribution in [0.4, 0.5) is 4.39 Å². The van der Waals surface area contributed by atoms with E-state index >= 15 is 0 Å². The third-order valence-electron chi connectivity index (χ3n) is 6.43. The molecule has 2 N–H and O–H groups in total. The van der Waals surface area contributed by atoms with Gasteiger partial charge in [0.1, 0.15) is 5.82 Å². The fraction of sp³-hybridized carbons (Fsp3) is 0.333. The number of piperidine rings is 1. The highest BCUT2D eigenvalue weighted by atomic mass is 32.2. The zero-order valence-corrected chi connectivity index (χ0v) is 19.1.